The molecule has 3 rings (SSSR count). The number of rotatable bonds is 6. The maximum Gasteiger partial charge on any atom is 0.0900 e. The molecule has 2 aliphatic carbocycles. The van der Waals surface area contributed by atoms with Crippen molar-refractivity contribution in [3.8, 4) is 0 Å². The minimum atomic E-state index is -0.304. The predicted octanol–water partition coefficient (Wildman–Crippen LogP) is 2.53. The summed E-state index contributed by atoms with van der Waals surface area (Å²) in [4.78, 5) is 2.39. The van der Waals surface area contributed by atoms with E-state index in [0.29, 0.717) is 6.61 Å². The maximum absolute atomic E-state index is 10.1. The number of fused-ring (bicyclic) bond motifs is 2. The van der Waals surface area contributed by atoms with Crippen molar-refractivity contribution < 1.29 is 9.84 Å². The van der Waals surface area contributed by atoms with E-state index < -0.39 is 0 Å². The second kappa shape index (κ2) is 6.76. The third-order valence-corrected chi connectivity index (χ3v) is 5.87. The molecule has 2 bridgehead atoms. The third-order valence-electron chi connectivity index (χ3n) is 5.87. The summed E-state index contributed by atoms with van der Waals surface area (Å²) in [5.41, 5.74) is 0. The second-order valence-corrected chi connectivity index (χ2v) is 7.61. The molecule has 3 fully saturated rings. The highest BCUT2D eigenvalue weighted by Crippen LogP contribution is 2.48. The Bertz CT molecular complexity index is 301. The van der Waals surface area contributed by atoms with Crippen LogP contribution in [0.1, 0.15) is 45.4 Å². The Balaban J connectivity index is 1.28. The van der Waals surface area contributed by atoms with Crippen LogP contribution in [0.2, 0.25) is 0 Å². The molecule has 0 aromatic carbocycles. The fraction of sp³-hybridized carbons (Fsp3) is 1.00. The average molecular weight is 281 g/mol. The Labute approximate surface area is 123 Å². The molecular formula is C17H31NO2. The van der Waals surface area contributed by atoms with Crippen molar-refractivity contribution in [2.45, 2.75) is 51.6 Å². The molecule has 0 amide bonds. The highest BCUT2D eigenvalue weighted by molar-refractivity contribution is 4.89. The van der Waals surface area contributed by atoms with Crippen molar-refractivity contribution in [3.05, 3.63) is 0 Å². The van der Waals surface area contributed by atoms with Crippen molar-refractivity contribution in [3.63, 3.8) is 0 Å². The van der Waals surface area contributed by atoms with Crippen LogP contribution in [0.5, 0.6) is 0 Å². The van der Waals surface area contributed by atoms with Gasteiger partial charge in [0.1, 0.15) is 0 Å². The van der Waals surface area contributed by atoms with Gasteiger partial charge in [-0.25, -0.2) is 0 Å². The Morgan fingerprint density at radius 3 is 2.60 bits per heavy atom. The van der Waals surface area contributed by atoms with Crippen molar-refractivity contribution in [2.24, 2.45) is 23.7 Å². The molecule has 2 saturated carbocycles. The third kappa shape index (κ3) is 3.75. The van der Waals surface area contributed by atoms with Crippen molar-refractivity contribution in [2.75, 3.05) is 32.8 Å². The first-order chi connectivity index (χ1) is 9.70. The van der Waals surface area contributed by atoms with E-state index in [9.17, 15) is 5.11 Å². The van der Waals surface area contributed by atoms with Gasteiger partial charge in [0.05, 0.1) is 12.7 Å². The van der Waals surface area contributed by atoms with E-state index in [1.165, 1.54) is 38.5 Å². The molecule has 3 aliphatic rings. The number of hydrogen-bond acceptors (Lipinski definition) is 3. The molecule has 3 nitrogen and oxygen atoms in total. The van der Waals surface area contributed by atoms with E-state index in [1.807, 2.05) is 0 Å². The Kier molecular flexibility index (Phi) is 5.00. The van der Waals surface area contributed by atoms with E-state index in [-0.39, 0.29) is 6.10 Å². The quantitative estimate of drug-likeness (QED) is 0.812. The van der Waals surface area contributed by atoms with Gasteiger partial charge in [-0.15, -0.1) is 0 Å². The van der Waals surface area contributed by atoms with E-state index in [4.69, 9.17) is 4.74 Å². The molecule has 4 atom stereocenters. The van der Waals surface area contributed by atoms with Gasteiger partial charge in [-0.1, -0.05) is 13.3 Å². The summed E-state index contributed by atoms with van der Waals surface area (Å²) in [6.07, 6.45) is 7.96. The van der Waals surface area contributed by atoms with Gasteiger partial charge in [-0.2, -0.15) is 0 Å². The fourth-order valence-corrected chi connectivity index (χ4v) is 4.53. The number of aliphatic hydroxyl groups is 1. The summed E-state index contributed by atoms with van der Waals surface area (Å²) in [7, 11) is 0. The molecule has 116 valence electrons. The fourth-order valence-electron chi connectivity index (χ4n) is 4.53. The van der Waals surface area contributed by atoms with Gasteiger partial charge in [-0.3, -0.25) is 0 Å². The molecule has 20 heavy (non-hydrogen) atoms. The zero-order chi connectivity index (χ0) is 13.9. The summed E-state index contributed by atoms with van der Waals surface area (Å²) >= 11 is 0. The number of β-amino-alcohol motifs (C(OH)–C–C–N with tert-alkyl or cyclic N) is 1. The van der Waals surface area contributed by atoms with Crippen LogP contribution in [0, 0.1) is 23.7 Å². The molecule has 1 heterocycles. The van der Waals surface area contributed by atoms with E-state index in [2.05, 4.69) is 11.8 Å². The lowest BCUT2D eigenvalue weighted by Gasteiger charge is -2.31. The Hall–Kier alpha value is -0.120. The lowest BCUT2D eigenvalue weighted by atomic mass is 9.90. The molecule has 0 radical (unpaired) electrons. The molecular weight excluding hydrogens is 250 g/mol. The van der Waals surface area contributed by atoms with Gasteiger partial charge in [-0.05, 0) is 68.9 Å². The zero-order valence-electron chi connectivity index (χ0n) is 13.0. The summed E-state index contributed by atoms with van der Waals surface area (Å²) in [5, 5.41) is 10.1. The van der Waals surface area contributed by atoms with Gasteiger partial charge in [0, 0.05) is 13.2 Å². The maximum atomic E-state index is 10.1. The monoisotopic (exact) mass is 281 g/mol. The van der Waals surface area contributed by atoms with Crippen molar-refractivity contribution >= 4 is 0 Å². The molecule has 3 heteroatoms. The lowest BCUT2D eigenvalue weighted by Crippen LogP contribution is -2.40. The first-order valence-electron chi connectivity index (χ1n) is 8.69. The summed E-state index contributed by atoms with van der Waals surface area (Å²) in [6, 6.07) is 0. The number of piperidine rings is 1. The summed E-state index contributed by atoms with van der Waals surface area (Å²) in [6.45, 7) is 6.82. The molecule has 1 N–H and O–H groups in total. The second-order valence-electron chi connectivity index (χ2n) is 7.61. The predicted molar refractivity (Wildman–Crippen MR) is 80.6 cm³/mol. The topological polar surface area (TPSA) is 32.7 Å². The number of likely N-dealkylation sites (tertiary alicyclic amines) is 1. The van der Waals surface area contributed by atoms with Crippen LogP contribution in [0.3, 0.4) is 0 Å². The minimum Gasteiger partial charge on any atom is -0.389 e. The first-order valence-corrected chi connectivity index (χ1v) is 8.69. The number of ether oxygens (including phenoxy) is 1. The molecule has 0 aromatic heterocycles. The van der Waals surface area contributed by atoms with Crippen LogP contribution < -0.4 is 0 Å². The molecule has 0 unspecified atom stereocenters. The van der Waals surface area contributed by atoms with Crippen LogP contribution in [0.4, 0.5) is 0 Å². The zero-order valence-corrected chi connectivity index (χ0v) is 13.0. The van der Waals surface area contributed by atoms with Gasteiger partial charge in [0.15, 0.2) is 0 Å². The Morgan fingerprint density at radius 2 is 1.95 bits per heavy atom. The molecule has 1 saturated heterocycles. The van der Waals surface area contributed by atoms with Crippen LogP contribution in [-0.4, -0.2) is 49.0 Å². The van der Waals surface area contributed by atoms with Crippen LogP contribution in [-0.2, 0) is 4.74 Å². The largest absolute Gasteiger partial charge is 0.389 e. The van der Waals surface area contributed by atoms with E-state index in [1.54, 1.807) is 0 Å². The van der Waals surface area contributed by atoms with Gasteiger partial charge in [0.2, 0.25) is 0 Å². The first kappa shape index (κ1) is 14.8. The summed E-state index contributed by atoms with van der Waals surface area (Å²) in [5.74, 6) is 3.57. The van der Waals surface area contributed by atoms with Crippen molar-refractivity contribution in [1.29, 1.82) is 0 Å². The van der Waals surface area contributed by atoms with Crippen LogP contribution >= 0.6 is 0 Å². The normalized spacial score (nSPS) is 36.6. The summed E-state index contributed by atoms with van der Waals surface area (Å²) < 4.78 is 5.82. The number of nitrogens with zero attached hydrogens (tertiary/aromatic N) is 1. The average Bonchev–Trinajstić information content (AvgIpc) is 3.04. The Morgan fingerprint density at radius 1 is 1.15 bits per heavy atom. The highest BCUT2D eigenvalue weighted by atomic mass is 16.5. The van der Waals surface area contributed by atoms with Gasteiger partial charge in [0.25, 0.3) is 0 Å². The molecule has 1 aliphatic heterocycles. The number of aliphatic hydroxyl groups excluding tert-OH is 1. The molecule has 0 spiro atoms. The standard InChI is InChI=1S/C17H31NO2/c1-13-4-6-18(7-5-13)10-17(19)12-20-11-16-9-14-2-3-15(16)8-14/h13-17,19H,2-12H2,1H3/t14-,15-,16-,17+/m1/s1. The van der Waals surface area contributed by atoms with E-state index >= 15 is 0 Å². The SMILES string of the molecule is CC1CCN(C[C@H](O)COC[C@H]2C[C@@H]3CC[C@@H]2C3)CC1. The van der Waals surface area contributed by atoms with Crippen LogP contribution in [0.15, 0.2) is 0 Å². The smallest absolute Gasteiger partial charge is 0.0900 e. The van der Waals surface area contributed by atoms with E-state index in [0.717, 1.165) is 49.9 Å². The van der Waals surface area contributed by atoms with Crippen molar-refractivity contribution in [1.82, 2.24) is 4.90 Å². The van der Waals surface area contributed by atoms with Gasteiger partial charge >= 0.3 is 0 Å². The molecule has 0 aromatic rings. The van der Waals surface area contributed by atoms with Gasteiger partial charge < -0.3 is 14.7 Å². The lowest BCUT2D eigenvalue weighted by molar-refractivity contribution is -0.00595. The van der Waals surface area contributed by atoms with Crippen LogP contribution in [0.25, 0.3) is 0 Å². The minimum absolute atomic E-state index is 0.304. The number of hydrogen-bond donors (Lipinski definition) is 1. The highest BCUT2D eigenvalue weighted by Gasteiger charge is 2.39.